The van der Waals surface area contributed by atoms with E-state index in [1.54, 1.807) is 79.7 Å². The summed E-state index contributed by atoms with van der Waals surface area (Å²) in [7, 11) is 0. The van der Waals surface area contributed by atoms with Crippen LogP contribution >= 0.6 is 12.2 Å². The van der Waals surface area contributed by atoms with Gasteiger partial charge in [-0.15, -0.1) is 0 Å². The third kappa shape index (κ3) is 4.32. The first-order chi connectivity index (χ1) is 17.9. The first-order valence-corrected chi connectivity index (χ1v) is 11.7. The van der Waals surface area contributed by atoms with E-state index in [-0.39, 0.29) is 27.9 Å². The quantitative estimate of drug-likeness (QED) is 0.109. The molecule has 9 heteroatoms. The molecular weight excluding hydrogens is 490 g/mol. The van der Waals surface area contributed by atoms with Gasteiger partial charge in [0.15, 0.2) is 5.11 Å². The standard InChI is InChI=1S/C28H19N3O5S/c1-18-9-8-14-23(31(34)35)25(18)24-16-15-21(36-24)17-22-26(32)29(19-10-4-2-5-11-19)28(37)30(27(22)33)20-12-6-3-7-13-20/h2-17H,1H3. The molecule has 1 aromatic heterocycles. The number of anilines is 2. The molecule has 0 unspecified atom stereocenters. The number of amides is 2. The maximum Gasteiger partial charge on any atom is 0.280 e. The van der Waals surface area contributed by atoms with Crippen LogP contribution in [0.1, 0.15) is 11.3 Å². The fraction of sp³-hybridized carbons (Fsp3) is 0.0357. The van der Waals surface area contributed by atoms with Gasteiger partial charge in [-0.1, -0.05) is 48.5 Å². The zero-order chi connectivity index (χ0) is 26.1. The summed E-state index contributed by atoms with van der Waals surface area (Å²) < 4.78 is 5.89. The topological polar surface area (TPSA) is 96.9 Å². The normalized spacial score (nSPS) is 13.8. The lowest BCUT2D eigenvalue weighted by molar-refractivity contribution is -0.384. The van der Waals surface area contributed by atoms with Gasteiger partial charge in [-0.05, 0) is 67.2 Å². The maximum absolute atomic E-state index is 13.6. The molecule has 4 aromatic rings. The highest BCUT2D eigenvalue weighted by atomic mass is 32.1. The van der Waals surface area contributed by atoms with E-state index < -0.39 is 16.7 Å². The van der Waals surface area contributed by atoms with Gasteiger partial charge in [-0.25, -0.2) is 0 Å². The summed E-state index contributed by atoms with van der Waals surface area (Å²) in [5.41, 5.74) is 1.73. The first kappa shape index (κ1) is 23.8. The molecule has 0 spiro atoms. The molecule has 1 fully saturated rings. The summed E-state index contributed by atoms with van der Waals surface area (Å²) in [6, 6.07) is 25.5. The van der Waals surface area contributed by atoms with Crippen LogP contribution in [0.25, 0.3) is 17.4 Å². The van der Waals surface area contributed by atoms with Crippen LogP contribution in [0.2, 0.25) is 0 Å². The summed E-state index contributed by atoms with van der Waals surface area (Å²) in [6.45, 7) is 1.74. The van der Waals surface area contributed by atoms with E-state index in [0.29, 0.717) is 22.5 Å². The Balaban J connectivity index is 1.61. The summed E-state index contributed by atoms with van der Waals surface area (Å²) in [5.74, 6) is -0.762. The van der Waals surface area contributed by atoms with Crippen molar-refractivity contribution in [1.82, 2.24) is 0 Å². The van der Waals surface area contributed by atoms with E-state index >= 15 is 0 Å². The zero-order valence-electron chi connectivity index (χ0n) is 19.5. The molecule has 3 aromatic carbocycles. The lowest BCUT2D eigenvalue weighted by Gasteiger charge is -2.36. The van der Waals surface area contributed by atoms with Crippen molar-refractivity contribution in [2.45, 2.75) is 6.92 Å². The molecule has 2 heterocycles. The second-order valence-electron chi connectivity index (χ2n) is 8.22. The van der Waals surface area contributed by atoms with Crippen molar-refractivity contribution in [3.05, 3.63) is 118 Å². The van der Waals surface area contributed by atoms with Crippen molar-refractivity contribution >= 4 is 52.3 Å². The van der Waals surface area contributed by atoms with Gasteiger partial charge in [0.25, 0.3) is 17.5 Å². The van der Waals surface area contributed by atoms with Gasteiger partial charge >= 0.3 is 0 Å². The Morgan fingerprint density at radius 2 is 1.38 bits per heavy atom. The zero-order valence-corrected chi connectivity index (χ0v) is 20.3. The van der Waals surface area contributed by atoms with Gasteiger partial charge in [0.1, 0.15) is 17.1 Å². The van der Waals surface area contributed by atoms with Crippen molar-refractivity contribution < 1.29 is 18.9 Å². The van der Waals surface area contributed by atoms with Gasteiger partial charge in [0.05, 0.1) is 21.9 Å². The van der Waals surface area contributed by atoms with Crippen molar-refractivity contribution in [2.24, 2.45) is 0 Å². The van der Waals surface area contributed by atoms with Crippen LogP contribution in [-0.2, 0) is 9.59 Å². The molecule has 5 rings (SSSR count). The molecule has 0 radical (unpaired) electrons. The van der Waals surface area contributed by atoms with Gasteiger partial charge in [-0.2, -0.15) is 0 Å². The molecule has 1 aliphatic rings. The lowest BCUT2D eigenvalue weighted by Crippen LogP contribution is -2.56. The third-order valence-electron chi connectivity index (χ3n) is 5.89. The second-order valence-corrected chi connectivity index (χ2v) is 8.59. The van der Waals surface area contributed by atoms with Crippen LogP contribution < -0.4 is 9.80 Å². The van der Waals surface area contributed by atoms with Gasteiger partial charge in [0, 0.05) is 6.07 Å². The van der Waals surface area contributed by atoms with Gasteiger partial charge in [-0.3, -0.25) is 29.5 Å². The Morgan fingerprint density at radius 3 is 1.92 bits per heavy atom. The number of benzene rings is 3. The van der Waals surface area contributed by atoms with Crippen molar-refractivity contribution in [2.75, 3.05) is 9.80 Å². The van der Waals surface area contributed by atoms with E-state index in [4.69, 9.17) is 16.6 Å². The highest BCUT2D eigenvalue weighted by Gasteiger charge is 2.41. The molecule has 0 N–H and O–H groups in total. The number of para-hydroxylation sites is 2. The predicted molar refractivity (Wildman–Crippen MR) is 144 cm³/mol. The number of thiocarbonyl (C=S) groups is 1. The summed E-state index contributed by atoms with van der Waals surface area (Å²) in [5, 5.41) is 11.6. The summed E-state index contributed by atoms with van der Waals surface area (Å²) in [4.78, 5) is 40.9. The number of hydrogen-bond acceptors (Lipinski definition) is 6. The molecule has 1 aliphatic heterocycles. The van der Waals surface area contributed by atoms with Crippen molar-refractivity contribution in [1.29, 1.82) is 0 Å². The van der Waals surface area contributed by atoms with Crippen LogP contribution in [0.4, 0.5) is 17.1 Å². The Bertz CT molecular complexity index is 1510. The van der Waals surface area contributed by atoms with E-state index in [0.717, 1.165) is 0 Å². The fourth-order valence-corrected chi connectivity index (χ4v) is 4.55. The number of nitrogens with zero attached hydrogens (tertiary/aromatic N) is 3. The first-order valence-electron chi connectivity index (χ1n) is 11.3. The third-order valence-corrected chi connectivity index (χ3v) is 6.25. The summed E-state index contributed by atoms with van der Waals surface area (Å²) in [6.07, 6.45) is 1.34. The molecule has 0 saturated carbocycles. The number of nitro groups is 1. The minimum absolute atomic E-state index is 0.0280. The number of furan rings is 1. The minimum Gasteiger partial charge on any atom is -0.456 e. The van der Waals surface area contributed by atoms with Crippen LogP contribution in [0.15, 0.2) is 101 Å². The van der Waals surface area contributed by atoms with Crippen LogP contribution in [0.5, 0.6) is 0 Å². The lowest BCUT2D eigenvalue weighted by atomic mass is 10.0. The highest BCUT2D eigenvalue weighted by molar-refractivity contribution is 7.81. The van der Waals surface area contributed by atoms with Gasteiger partial charge < -0.3 is 4.42 Å². The molecule has 1 saturated heterocycles. The molecule has 8 nitrogen and oxygen atoms in total. The minimum atomic E-state index is -0.604. The molecule has 37 heavy (non-hydrogen) atoms. The fourth-order valence-electron chi connectivity index (χ4n) is 4.17. The van der Waals surface area contributed by atoms with Crippen LogP contribution in [-0.4, -0.2) is 21.9 Å². The molecular formula is C28H19N3O5S. The van der Waals surface area contributed by atoms with Crippen LogP contribution in [0.3, 0.4) is 0 Å². The Labute approximate surface area is 217 Å². The van der Waals surface area contributed by atoms with E-state index in [2.05, 4.69) is 0 Å². The largest absolute Gasteiger partial charge is 0.456 e. The number of nitro benzene ring substituents is 1. The average Bonchev–Trinajstić information content (AvgIpc) is 3.36. The van der Waals surface area contributed by atoms with E-state index in [1.807, 2.05) is 12.1 Å². The molecule has 0 atom stereocenters. The molecule has 0 aliphatic carbocycles. The van der Waals surface area contributed by atoms with Crippen molar-refractivity contribution in [3.63, 3.8) is 0 Å². The smallest absolute Gasteiger partial charge is 0.280 e. The molecule has 0 bridgehead atoms. The second kappa shape index (κ2) is 9.63. The average molecular weight is 510 g/mol. The monoisotopic (exact) mass is 509 g/mol. The SMILES string of the molecule is Cc1cccc([N+](=O)[O-])c1-c1ccc(C=C2C(=O)N(c3ccccc3)C(=S)N(c3ccccc3)C2=O)o1. The summed E-state index contributed by atoms with van der Waals surface area (Å²) >= 11 is 5.60. The van der Waals surface area contributed by atoms with Crippen LogP contribution in [0, 0.1) is 17.0 Å². The predicted octanol–water partition coefficient (Wildman–Crippen LogP) is 5.91. The van der Waals surface area contributed by atoms with E-state index in [1.165, 1.54) is 21.9 Å². The molecule has 182 valence electrons. The highest BCUT2D eigenvalue weighted by Crippen LogP contribution is 2.35. The van der Waals surface area contributed by atoms with Crippen molar-refractivity contribution in [3.8, 4) is 11.3 Å². The Kier molecular flexibility index (Phi) is 6.21. The van der Waals surface area contributed by atoms with E-state index in [9.17, 15) is 19.7 Å². The van der Waals surface area contributed by atoms with Gasteiger partial charge in [0.2, 0.25) is 0 Å². The number of rotatable bonds is 5. The number of hydrogen-bond donors (Lipinski definition) is 0. The maximum atomic E-state index is 13.6. The molecule has 2 amide bonds. The Hall–Kier alpha value is -4.89. The number of aryl methyl sites for hydroxylation is 1. The number of carbonyl (C=O) groups is 2. The number of carbonyl (C=O) groups excluding carboxylic acids is 2. The Morgan fingerprint density at radius 1 is 0.811 bits per heavy atom.